The molecule has 0 heterocycles. The van der Waals surface area contributed by atoms with Crippen molar-refractivity contribution in [3.63, 3.8) is 0 Å². The van der Waals surface area contributed by atoms with Crippen LogP contribution in [0, 0.1) is 0 Å². The molecule has 2 aromatic rings. The number of carbonyl (C=O) groups excluding carboxylic acids is 1. The molecule has 0 saturated heterocycles. The zero-order valence-corrected chi connectivity index (χ0v) is 12.5. The minimum Gasteiger partial charge on any atom is -0.494 e. The molecule has 1 amide bonds. The molecule has 0 spiro atoms. The van der Waals surface area contributed by atoms with E-state index in [1.54, 1.807) is 30.5 Å². The van der Waals surface area contributed by atoms with E-state index in [2.05, 4.69) is 17.5 Å². The molecule has 0 saturated carbocycles. The number of anilines is 1. The van der Waals surface area contributed by atoms with Gasteiger partial charge in [0.05, 0.1) is 12.8 Å². The molecule has 2 rings (SSSR count). The van der Waals surface area contributed by atoms with Gasteiger partial charge in [0, 0.05) is 11.3 Å². The smallest absolute Gasteiger partial charge is 0.271 e. The molecule has 0 bridgehead atoms. The van der Waals surface area contributed by atoms with Crippen molar-refractivity contribution in [2.24, 2.45) is 5.10 Å². The summed E-state index contributed by atoms with van der Waals surface area (Å²) < 4.78 is 5.54. The Morgan fingerprint density at radius 1 is 1.27 bits per heavy atom. The number of rotatable bonds is 6. The molecule has 0 atom stereocenters. The maximum Gasteiger partial charge on any atom is 0.271 e. The number of hydrogen-bond donors (Lipinski definition) is 2. The Morgan fingerprint density at radius 2 is 2.05 bits per heavy atom. The number of ether oxygens (including phenoxy) is 1. The highest BCUT2D eigenvalue weighted by molar-refractivity contribution is 5.95. The average Bonchev–Trinajstić information content (AvgIpc) is 2.54. The molecule has 0 fully saturated rings. The highest BCUT2D eigenvalue weighted by atomic mass is 16.5. The van der Waals surface area contributed by atoms with E-state index in [0.717, 1.165) is 17.7 Å². The highest BCUT2D eigenvalue weighted by Crippen LogP contribution is 2.12. The number of nitrogens with zero attached hydrogens (tertiary/aromatic N) is 1. The number of benzene rings is 2. The van der Waals surface area contributed by atoms with Gasteiger partial charge in [-0.3, -0.25) is 4.79 Å². The van der Waals surface area contributed by atoms with Crippen LogP contribution in [0.2, 0.25) is 0 Å². The number of carbonyl (C=O) groups is 1. The molecule has 0 aromatic heterocycles. The maximum absolute atomic E-state index is 11.9. The lowest BCUT2D eigenvalue weighted by Gasteiger charge is -2.04. The predicted molar refractivity (Wildman–Crippen MR) is 88.1 cm³/mol. The van der Waals surface area contributed by atoms with Gasteiger partial charge in [-0.1, -0.05) is 19.1 Å². The van der Waals surface area contributed by atoms with Gasteiger partial charge in [0.2, 0.25) is 0 Å². The van der Waals surface area contributed by atoms with Crippen LogP contribution in [0.1, 0.15) is 29.3 Å². The van der Waals surface area contributed by atoms with Crippen LogP contribution in [0.4, 0.5) is 5.69 Å². The lowest BCUT2D eigenvalue weighted by Crippen LogP contribution is -2.17. The Kier molecular flexibility index (Phi) is 5.54. The van der Waals surface area contributed by atoms with Crippen molar-refractivity contribution in [3.8, 4) is 5.75 Å². The van der Waals surface area contributed by atoms with Crippen LogP contribution >= 0.6 is 0 Å². The second-order valence-corrected chi connectivity index (χ2v) is 4.74. The lowest BCUT2D eigenvalue weighted by molar-refractivity contribution is 0.0955. The van der Waals surface area contributed by atoms with E-state index in [4.69, 9.17) is 10.5 Å². The highest BCUT2D eigenvalue weighted by Gasteiger charge is 2.02. The van der Waals surface area contributed by atoms with Gasteiger partial charge < -0.3 is 10.5 Å². The lowest BCUT2D eigenvalue weighted by atomic mass is 10.2. The van der Waals surface area contributed by atoms with Crippen molar-refractivity contribution in [1.82, 2.24) is 5.43 Å². The van der Waals surface area contributed by atoms with Gasteiger partial charge in [-0.05, 0) is 48.4 Å². The van der Waals surface area contributed by atoms with Gasteiger partial charge in [-0.25, -0.2) is 5.43 Å². The molecule has 0 radical (unpaired) electrons. The van der Waals surface area contributed by atoms with Crippen molar-refractivity contribution in [3.05, 3.63) is 59.7 Å². The fraction of sp³-hybridized carbons (Fsp3) is 0.176. The third-order valence-electron chi connectivity index (χ3n) is 2.88. The van der Waals surface area contributed by atoms with Crippen LogP contribution in [-0.4, -0.2) is 18.7 Å². The molecule has 0 aliphatic carbocycles. The molecule has 114 valence electrons. The molecule has 0 unspecified atom stereocenters. The maximum atomic E-state index is 11.9. The summed E-state index contributed by atoms with van der Waals surface area (Å²) in [6.07, 6.45) is 2.53. The molecule has 3 N–H and O–H groups in total. The first-order chi connectivity index (χ1) is 10.7. The largest absolute Gasteiger partial charge is 0.494 e. The first-order valence-electron chi connectivity index (χ1n) is 7.11. The van der Waals surface area contributed by atoms with E-state index < -0.39 is 0 Å². The first-order valence-corrected chi connectivity index (χ1v) is 7.11. The molecule has 2 aromatic carbocycles. The Labute approximate surface area is 129 Å². The Morgan fingerprint density at radius 3 is 2.77 bits per heavy atom. The standard InChI is InChI=1S/C17H19N3O2/c1-2-10-22-16-5-3-4-13(11-16)12-19-20-17(21)14-6-8-15(18)9-7-14/h3-9,11-12H,2,10,18H2,1H3,(H,20,21)/b19-12-. The number of nitrogens with one attached hydrogen (secondary N) is 1. The van der Waals surface area contributed by atoms with Crippen molar-refractivity contribution in [1.29, 1.82) is 0 Å². The minimum atomic E-state index is -0.283. The van der Waals surface area contributed by atoms with Gasteiger partial charge >= 0.3 is 0 Å². The summed E-state index contributed by atoms with van der Waals surface area (Å²) in [5.41, 5.74) is 10.0. The zero-order valence-electron chi connectivity index (χ0n) is 12.5. The summed E-state index contributed by atoms with van der Waals surface area (Å²) in [6, 6.07) is 14.2. The third kappa shape index (κ3) is 4.63. The normalized spacial score (nSPS) is 10.6. The number of hydrazone groups is 1. The Bertz CT molecular complexity index is 651. The quantitative estimate of drug-likeness (QED) is 0.489. The van der Waals surface area contributed by atoms with Gasteiger partial charge in [0.25, 0.3) is 5.91 Å². The van der Waals surface area contributed by atoms with E-state index in [-0.39, 0.29) is 5.91 Å². The Hall–Kier alpha value is -2.82. The van der Waals surface area contributed by atoms with Gasteiger partial charge in [0.1, 0.15) is 5.75 Å². The van der Waals surface area contributed by atoms with E-state index in [9.17, 15) is 4.79 Å². The van der Waals surface area contributed by atoms with E-state index in [1.165, 1.54) is 0 Å². The van der Waals surface area contributed by atoms with Crippen LogP contribution in [0.3, 0.4) is 0 Å². The van der Waals surface area contributed by atoms with Crippen LogP contribution in [0.5, 0.6) is 5.75 Å². The van der Waals surface area contributed by atoms with Crippen molar-refractivity contribution < 1.29 is 9.53 Å². The molecule has 22 heavy (non-hydrogen) atoms. The number of nitrogens with two attached hydrogens (primary N) is 1. The van der Waals surface area contributed by atoms with Gasteiger partial charge in [-0.2, -0.15) is 5.10 Å². The second-order valence-electron chi connectivity index (χ2n) is 4.74. The van der Waals surface area contributed by atoms with E-state index in [0.29, 0.717) is 17.9 Å². The molecule has 0 aliphatic heterocycles. The molecular weight excluding hydrogens is 278 g/mol. The van der Waals surface area contributed by atoms with Gasteiger partial charge in [0.15, 0.2) is 0 Å². The number of hydrogen-bond acceptors (Lipinski definition) is 4. The van der Waals surface area contributed by atoms with Crippen molar-refractivity contribution >= 4 is 17.8 Å². The number of nitrogen functional groups attached to an aromatic ring is 1. The Balaban J connectivity index is 1.94. The summed E-state index contributed by atoms with van der Waals surface area (Å²) >= 11 is 0. The first kappa shape index (κ1) is 15.6. The monoisotopic (exact) mass is 297 g/mol. The van der Waals surface area contributed by atoms with Crippen LogP contribution in [-0.2, 0) is 0 Å². The molecule has 0 aliphatic rings. The van der Waals surface area contributed by atoms with Crippen LogP contribution in [0.15, 0.2) is 53.6 Å². The van der Waals surface area contributed by atoms with Crippen molar-refractivity contribution in [2.45, 2.75) is 13.3 Å². The minimum absolute atomic E-state index is 0.283. The topological polar surface area (TPSA) is 76.7 Å². The summed E-state index contributed by atoms with van der Waals surface area (Å²) in [7, 11) is 0. The SMILES string of the molecule is CCCOc1cccc(/C=N\NC(=O)c2ccc(N)cc2)c1. The summed E-state index contributed by atoms with van der Waals surface area (Å²) in [6.45, 7) is 2.73. The van der Waals surface area contributed by atoms with E-state index >= 15 is 0 Å². The van der Waals surface area contributed by atoms with Crippen LogP contribution in [0.25, 0.3) is 0 Å². The van der Waals surface area contributed by atoms with Gasteiger partial charge in [-0.15, -0.1) is 0 Å². The van der Waals surface area contributed by atoms with Crippen molar-refractivity contribution in [2.75, 3.05) is 12.3 Å². The average molecular weight is 297 g/mol. The summed E-state index contributed by atoms with van der Waals surface area (Å²) in [4.78, 5) is 11.9. The molecule has 5 heteroatoms. The second kappa shape index (κ2) is 7.83. The number of amides is 1. The fourth-order valence-corrected chi connectivity index (χ4v) is 1.77. The van der Waals surface area contributed by atoms with E-state index in [1.807, 2.05) is 24.3 Å². The molecule has 5 nitrogen and oxygen atoms in total. The molecular formula is C17H19N3O2. The summed E-state index contributed by atoms with van der Waals surface area (Å²) in [5, 5.41) is 3.95. The predicted octanol–water partition coefficient (Wildman–Crippen LogP) is 2.82. The zero-order chi connectivity index (χ0) is 15.8. The third-order valence-corrected chi connectivity index (χ3v) is 2.88. The summed E-state index contributed by atoms with van der Waals surface area (Å²) in [5.74, 6) is 0.505. The van der Waals surface area contributed by atoms with Crippen LogP contribution < -0.4 is 15.9 Å². The fourth-order valence-electron chi connectivity index (χ4n) is 1.77.